The zero-order valence-corrected chi connectivity index (χ0v) is 12.0. The second-order valence-corrected chi connectivity index (χ2v) is 4.22. The number of allylic oxidation sites excluding steroid dienone is 2. The topological polar surface area (TPSA) is 58.6 Å². The Kier molecular flexibility index (Phi) is 5.69. The van der Waals surface area contributed by atoms with Crippen LogP contribution in [0.4, 0.5) is 0 Å². The maximum Gasteiger partial charge on any atom is 0.268 e. The maximum atomic E-state index is 11.7. The lowest BCUT2D eigenvalue weighted by Gasteiger charge is -2.33. The van der Waals surface area contributed by atoms with Gasteiger partial charge >= 0.3 is 0 Å². The van der Waals surface area contributed by atoms with Crippen molar-refractivity contribution in [2.75, 3.05) is 0 Å². The van der Waals surface area contributed by atoms with Crippen molar-refractivity contribution in [3.05, 3.63) is 35.4 Å². The molecule has 0 saturated heterocycles. The van der Waals surface area contributed by atoms with Crippen molar-refractivity contribution in [3.8, 4) is 0 Å². The van der Waals surface area contributed by atoms with Gasteiger partial charge in [0.25, 0.3) is 5.91 Å². The van der Waals surface area contributed by atoms with Gasteiger partial charge in [-0.3, -0.25) is 4.79 Å². The molecule has 1 rings (SSSR count). The van der Waals surface area contributed by atoms with Gasteiger partial charge < -0.3 is 15.2 Å². The summed E-state index contributed by atoms with van der Waals surface area (Å²) in [5.74, 6) is 0.1000. The molecule has 1 aliphatic rings. The van der Waals surface area contributed by atoms with Crippen molar-refractivity contribution in [1.82, 2.24) is 5.32 Å². The zero-order valence-electron chi connectivity index (χ0n) is 12.0. The molecule has 0 radical (unpaired) electrons. The average molecular weight is 253 g/mol. The Balaban J connectivity index is 0.00000137. The van der Waals surface area contributed by atoms with Gasteiger partial charge in [-0.1, -0.05) is 20.4 Å². The smallest absolute Gasteiger partial charge is 0.268 e. The molecule has 0 saturated carbocycles. The van der Waals surface area contributed by atoms with Gasteiger partial charge in [-0.05, 0) is 39.3 Å². The van der Waals surface area contributed by atoms with E-state index >= 15 is 0 Å². The highest BCUT2D eigenvalue weighted by molar-refractivity contribution is 5.88. The number of hydrogen-bond acceptors (Lipinski definition) is 3. The van der Waals surface area contributed by atoms with Gasteiger partial charge in [-0.2, -0.15) is 0 Å². The molecule has 1 aliphatic heterocycles. The molecule has 2 N–H and O–H groups in total. The van der Waals surface area contributed by atoms with E-state index in [-0.39, 0.29) is 17.4 Å². The predicted octanol–water partition coefficient (Wildman–Crippen LogP) is 3.19. The molecule has 0 atom stereocenters. The number of ether oxygens (including phenoxy) is 1. The summed E-state index contributed by atoms with van der Waals surface area (Å²) in [6, 6.07) is 0. The molecule has 0 spiro atoms. The van der Waals surface area contributed by atoms with Crippen LogP contribution < -0.4 is 5.32 Å². The lowest BCUT2D eigenvalue weighted by molar-refractivity contribution is -0.140. The molecule has 0 aliphatic carbocycles. The fraction of sp³-hybridized carbons (Fsp3) is 0.500. The van der Waals surface area contributed by atoms with Crippen molar-refractivity contribution in [3.63, 3.8) is 0 Å². The van der Waals surface area contributed by atoms with Gasteiger partial charge in [0.05, 0.1) is 0 Å². The van der Waals surface area contributed by atoms with Crippen molar-refractivity contribution in [1.29, 1.82) is 0 Å². The van der Waals surface area contributed by atoms with Crippen LogP contribution in [0.2, 0.25) is 0 Å². The molecule has 4 heteroatoms. The molecule has 0 unspecified atom stereocenters. The van der Waals surface area contributed by atoms with Crippen LogP contribution >= 0.6 is 0 Å². The highest BCUT2D eigenvalue weighted by Gasteiger charge is 2.37. The Morgan fingerprint density at radius 1 is 1.44 bits per heavy atom. The van der Waals surface area contributed by atoms with Crippen LogP contribution in [0, 0.1) is 0 Å². The van der Waals surface area contributed by atoms with E-state index in [1.807, 2.05) is 13.8 Å². The number of hydrogen-bond donors (Lipinski definition) is 2. The van der Waals surface area contributed by atoms with E-state index in [9.17, 15) is 9.90 Å². The Bertz CT molecular complexity index is 403. The Morgan fingerprint density at radius 2 is 1.94 bits per heavy atom. The highest BCUT2D eigenvalue weighted by atomic mass is 16.5. The SMILES string of the molecule is C=C(C)C1=C(/C(O)=C\C)NC(=O)C(C)(C)O1.CC. The van der Waals surface area contributed by atoms with E-state index in [1.165, 1.54) is 6.08 Å². The number of carbonyl (C=O) groups excluding carboxylic acids is 1. The molecule has 0 aromatic heterocycles. The van der Waals surface area contributed by atoms with Crippen LogP contribution in [0.5, 0.6) is 0 Å². The fourth-order valence-electron chi connectivity index (χ4n) is 1.30. The highest BCUT2D eigenvalue weighted by Crippen LogP contribution is 2.28. The summed E-state index contributed by atoms with van der Waals surface area (Å²) in [6.45, 7) is 14.5. The molecule has 0 bridgehead atoms. The third-order valence-corrected chi connectivity index (χ3v) is 2.29. The molecule has 1 amide bonds. The van der Waals surface area contributed by atoms with E-state index in [0.29, 0.717) is 11.3 Å². The van der Waals surface area contributed by atoms with Gasteiger partial charge in [-0.25, -0.2) is 0 Å². The van der Waals surface area contributed by atoms with Gasteiger partial charge in [0.1, 0.15) is 11.5 Å². The summed E-state index contributed by atoms with van der Waals surface area (Å²) in [5, 5.41) is 12.3. The zero-order chi connectivity index (χ0) is 14.5. The van der Waals surface area contributed by atoms with Crippen molar-refractivity contribution in [2.45, 2.75) is 47.1 Å². The van der Waals surface area contributed by atoms with E-state index in [2.05, 4.69) is 11.9 Å². The summed E-state index contributed by atoms with van der Waals surface area (Å²) in [7, 11) is 0. The van der Waals surface area contributed by atoms with Crippen LogP contribution in [0.25, 0.3) is 0 Å². The number of nitrogens with one attached hydrogen (secondary N) is 1. The fourth-order valence-corrected chi connectivity index (χ4v) is 1.30. The lowest BCUT2D eigenvalue weighted by atomic mass is 10.0. The second-order valence-electron chi connectivity index (χ2n) is 4.22. The van der Waals surface area contributed by atoms with Gasteiger partial charge in [0.2, 0.25) is 0 Å². The third kappa shape index (κ3) is 3.39. The predicted molar refractivity (Wildman–Crippen MR) is 72.9 cm³/mol. The molecule has 18 heavy (non-hydrogen) atoms. The molecule has 0 aromatic rings. The largest absolute Gasteiger partial charge is 0.506 e. The Morgan fingerprint density at radius 3 is 2.33 bits per heavy atom. The third-order valence-electron chi connectivity index (χ3n) is 2.29. The van der Waals surface area contributed by atoms with Crippen LogP contribution in [0.1, 0.15) is 41.5 Å². The van der Waals surface area contributed by atoms with E-state index in [0.717, 1.165) is 0 Å². The van der Waals surface area contributed by atoms with Gasteiger partial charge in [0.15, 0.2) is 11.4 Å². The van der Waals surface area contributed by atoms with Crippen molar-refractivity contribution >= 4 is 5.91 Å². The number of amides is 1. The number of carbonyl (C=O) groups is 1. The lowest BCUT2D eigenvalue weighted by Crippen LogP contribution is -2.48. The first-order chi connectivity index (χ1) is 8.29. The van der Waals surface area contributed by atoms with Crippen LogP contribution in [0.15, 0.2) is 35.4 Å². The molecule has 4 nitrogen and oxygen atoms in total. The summed E-state index contributed by atoms with van der Waals surface area (Å²) < 4.78 is 5.55. The minimum atomic E-state index is -0.953. The normalized spacial score (nSPS) is 18.3. The molecular formula is C14H23NO3. The summed E-state index contributed by atoms with van der Waals surface area (Å²) >= 11 is 0. The first-order valence-corrected chi connectivity index (χ1v) is 6.06. The van der Waals surface area contributed by atoms with Crippen LogP contribution in [0.3, 0.4) is 0 Å². The summed E-state index contributed by atoms with van der Waals surface area (Å²) in [6.07, 6.45) is 1.49. The standard InChI is InChI=1S/C12H17NO3.C2H6/c1-6-8(14)9-10(7(2)3)16-12(4,5)11(15)13-9;1-2/h6,14H,2H2,1,3-5H3,(H,13,15);1-2H3/b8-6+;. The number of rotatable bonds is 2. The molecule has 0 fully saturated rings. The Labute approximate surface area is 109 Å². The van der Waals surface area contributed by atoms with Gasteiger partial charge in [-0.15, -0.1) is 0 Å². The van der Waals surface area contributed by atoms with E-state index < -0.39 is 5.60 Å². The molecule has 0 aromatic carbocycles. The van der Waals surface area contributed by atoms with Gasteiger partial charge in [0, 0.05) is 0 Å². The first-order valence-electron chi connectivity index (χ1n) is 6.06. The molecular weight excluding hydrogens is 230 g/mol. The van der Waals surface area contributed by atoms with E-state index in [1.54, 1.807) is 27.7 Å². The number of aliphatic hydroxyl groups excluding tert-OH is 1. The minimum absolute atomic E-state index is 0.0261. The van der Waals surface area contributed by atoms with Crippen molar-refractivity contribution in [2.24, 2.45) is 0 Å². The summed E-state index contributed by atoms with van der Waals surface area (Å²) in [5.41, 5.74) is -0.0259. The molecule has 1 heterocycles. The quantitative estimate of drug-likeness (QED) is 0.743. The first kappa shape index (κ1) is 16.3. The Hall–Kier alpha value is -1.71. The average Bonchev–Trinajstić information content (AvgIpc) is 2.33. The monoisotopic (exact) mass is 253 g/mol. The molecule has 102 valence electrons. The maximum absolute atomic E-state index is 11.7. The minimum Gasteiger partial charge on any atom is -0.506 e. The second kappa shape index (κ2) is 6.28. The van der Waals surface area contributed by atoms with Crippen LogP contribution in [-0.4, -0.2) is 16.6 Å². The van der Waals surface area contributed by atoms with E-state index in [4.69, 9.17) is 4.74 Å². The van der Waals surface area contributed by atoms with Crippen LogP contribution in [-0.2, 0) is 9.53 Å². The number of aliphatic hydroxyl groups is 1. The van der Waals surface area contributed by atoms with Crippen molar-refractivity contribution < 1.29 is 14.6 Å². The summed E-state index contributed by atoms with van der Waals surface area (Å²) in [4.78, 5) is 11.7.